The molecule has 3 aromatic rings. The van der Waals surface area contributed by atoms with Gasteiger partial charge in [-0.15, -0.1) is 0 Å². The van der Waals surface area contributed by atoms with Gasteiger partial charge in [0.05, 0.1) is 19.7 Å². The van der Waals surface area contributed by atoms with E-state index in [0.717, 1.165) is 27.6 Å². The van der Waals surface area contributed by atoms with Gasteiger partial charge in [-0.1, -0.05) is 42.3 Å². The van der Waals surface area contributed by atoms with Gasteiger partial charge in [-0.25, -0.2) is 0 Å². The molecule has 3 aromatic carbocycles. The molecule has 1 aliphatic rings. The smallest absolute Gasteiger partial charge is 0.261 e. The zero-order valence-corrected chi connectivity index (χ0v) is 22.3. The van der Waals surface area contributed by atoms with E-state index in [1.54, 1.807) is 38.3 Å². The molecular weight excluding hydrogens is 488 g/mol. The molecule has 0 aliphatic carbocycles. The Labute approximate surface area is 221 Å². The minimum absolute atomic E-state index is 0.169. The Morgan fingerprint density at radius 2 is 1.95 bits per heavy atom. The van der Waals surface area contributed by atoms with Crippen LogP contribution in [-0.4, -0.2) is 50.2 Å². The van der Waals surface area contributed by atoms with Crippen LogP contribution in [0.4, 0.5) is 5.69 Å². The highest BCUT2D eigenvalue weighted by molar-refractivity contribution is 7.97. The summed E-state index contributed by atoms with van der Waals surface area (Å²) in [5.74, 6) is 0.0904. The van der Waals surface area contributed by atoms with Crippen LogP contribution in [0, 0.1) is 0 Å². The lowest BCUT2D eigenvalue weighted by atomic mass is 10.00. The topological polar surface area (TPSA) is 99.8 Å². The standard InChI is InChI=1S/C28H32N4O4S/c1-17(29-2)26(33)30-23-13-10-18-7-5-6-8-24(18)32(28(23)35)16-22-21-12-9-20(27(34)31-37-4)15-19(21)11-14-25(22)36-3/h5-9,11-12,14-15,17,23,29H,10,13,16H2,1-4H3,(H,30,33)(H,31,34)/t17-,23?/m0/s1. The molecule has 0 spiro atoms. The van der Waals surface area contributed by atoms with E-state index in [1.165, 1.54) is 11.9 Å². The van der Waals surface area contributed by atoms with E-state index in [-0.39, 0.29) is 24.3 Å². The van der Waals surface area contributed by atoms with Gasteiger partial charge in [0, 0.05) is 23.1 Å². The van der Waals surface area contributed by atoms with Crippen LogP contribution < -0.4 is 25.0 Å². The number of carbonyl (C=O) groups is 3. The molecule has 3 N–H and O–H groups in total. The van der Waals surface area contributed by atoms with E-state index in [2.05, 4.69) is 15.4 Å². The molecule has 1 heterocycles. The normalized spacial score (nSPS) is 16.1. The Morgan fingerprint density at radius 1 is 1.16 bits per heavy atom. The first-order chi connectivity index (χ1) is 17.9. The SMILES string of the molecule is CN[C@@H](C)C(=O)NC1CCc2ccccc2N(Cc2c(OC)ccc3cc(C(=O)NSC)ccc23)C1=O. The van der Waals surface area contributed by atoms with Crippen molar-refractivity contribution in [1.82, 2.24) is 15.4 Å². The molecule has 0 fully saturated rings. The third kappa shape index (κ3) is 5.57. The molecule has 2 atom stereocenters. The second-order valence-electron chi connectivity index (χ2n) is 8.98. The first-order valence-corrected chi connectivity index (χ1v) is 13.4. The number of methoxy groups -OCH3 is 1. The monoisotopic (exact) mass is 520 g/mol. The largest absolute Gasteiger partial charge is 0.496 e. The molecule has 0 bridgehead atoms. The third-order valence-corrected chi connectivity index (χ3v) is 7.16. The number of anilines is 1. The number of fused-ring (bicyclic) bond motifs is 2. The highest BCUT2D eigenvalue weighted by Crippen LogP contribution is 2.34. The summed E-state index contributed by atoms with van der Waals surface area (Å²) in [5.41, 5.74) is 3.25. The van der Waals surface area contributed by atoms with Crippen molar-refractivity contribution >= 4 is 46.1 Å². The highest BCUT2D eigenvalue weighted by Gasteiger charge is 2.33. The van der Waals surface area contributed by atoms with Crippen LogP contribution in [0.1, 0.15) is 34.8 Å². The first kappa shape index (κ1) is 26.5. The molecule has 4 rings (SSSR count). The summed E-state index contributed by atoms with van der Waals surface area (Å²) in [4.78, 5) is 40.7. The van der Waals surface area contributed by atoms with Crippen molar-refractivity contribution < 1.29 is 19.1 Å². The Kier molecular flexibility index (Phi) is 8.35. The van der Waals surface area contributed by atoms with E-state index in [9.17, 15) is 14.4 Å². The molecule has 1 aliphatic heterocycles. The molecule has 0 aromatic heterocycles. The summed E-state index contributed by atoms with van der Waals surface area (Å²) in [5, 5.41) is 7.62. The molecule has 0 radical (unpaired) electrons. The van der Waals surface area contributed by atoms with Gasteiger partial charge in [0.1, 0.15) is 11.8 Å². The van der Waals surface area contributed by atoms with E-state index >= 15 is 0 Å². The number of benzene rings is 3. The molecule has 8 nitrogen and oxygen atoms in total. The average molecular weight is 521 g/mol. The van der Waals surface area contributed by atoms with Gasteiger partial charge < -0.3 is 20.3 Å². The van der Waals surface area contributed by atoms with E-state index < -0.39 is 12.1 Å². The van der Waals surface area contributed by atoms with Gasteiger partial charge in [-0.3, -0.25) is 19.1 Å². The van der Waals surface area contributed by atoms with Gasteiger partial charge in [0.15, 0.2) is 0 Å². The second kappa shape index (κ2) is 11.7. The summed E-state index contributed by atoms with van der Waals surface area (Å²) in [7, 11) is 3.32. The molecule has 0 saturated carbocycles. The van der Waals surface area contributed by atoms with Gasteiger partial charge in [0.25, 0.3) is 5.91 Å². The molecule has 0 saturated heterocycles. The number of nitrogens with zero attached hydrogens (tertiary/aromatic N) is 1. The molecule has 1 unspecified atom stereocenters. The Hall–Kier alpha value is -3.56. The van der Waals surface area contributed by atoms with Crippen LogP contribution in [0.3, 0.4) is 0 Å². The summed E-state index contributed by atoms with van der Waals surface area (Å²) in [6.45, 7) is 2.01. The Morgan fingerprint density at radius 3 is 2.68 bits per heavy atom. The number of likely N-dealkylation sites (N-methyl/N-ethyl adjacent to an activating group) is 1. The fraction of sp³-hybridized carbons (Fsp3) is 0.321. The van der Waals surface area contributed by atoms with Gasteiger partial charge >= 0.3 is 0 Å². The van der Waals surface area contributed by atoms with Crippen LogP contribution >= 0.6 is 11.9 Å². The number of hydrogen-bond acceptors (Lipinski definition) is 6. The zero-order valence-electron chi connectivity index (χ0n) is 21.5. The van der Waals surface area contributed by atoms with Crippen molar-refractivity contribution in [1.29, 1.82) is 0 Å². The maximum Gasteiger partial charge on any atom is 0.261 e. The van der Waals surface area contributed by atoms with Crippen molar-refractivity contribution in [3.8, 4) is 5.75 Å². The van der Waals surface area contributed by atoms with Crippen LogP contribution in [0.5, 0.6) is 5.75 Å². The summed E-state index contributed by atoms with van der Waals surface area (Å²) < 4.78 is 8.45. The third-order valence-electron chi connectivity index (χ3n) is 6.77. The molecule has 9 heteroatoms. The zero-order chi connectivity index (χ0) is 26.5. The number of ether oxygens (including phenoxy) is 1. The molecular formula is C28H32N4O4S. The average Bonchev–Trinajstić information content (AvgIpc) is 3.04. The van der Waals surface area contributed by atoms with Crippen LogP contribution in [0.15, 0.2) is 54.6 Å². The van der Waals surface area contributed by atoms with Gasteiger partial charge in [-0.2, -0.15) is 0 Å². The minimum Gasteiger partial charge on any atom is -0.496 e. The Bertz CT molecular complexity index is 1330. The van der Waals surface area contributed by atoms with Crippen molar-refractivity contribution in [2.45, 2.75) is 38.4 Å². The molecule has 3 amide bonds. The molecule has 37 heavy (non-hydrogen) atoms. The van der Waals surface area contributed by atoms with Crippen molar-refractivity contribution in [2.75, 3.05) is 25.3 Å². The quantitative estimate of drug-likeness (QED) is 0.394. The summed E-state index contributed by atoms with van der Waals surface area (Å²) in [6, 6.07) is 16.0. The fourth-order valence-corrected chi connectivity index (χ4v) is 4.92. The minimum atomic E-state index is -0.654. The first-order valence-electron chi connectivity index (χ1n) is 12.2. The lowest BCUT2D eigenvalue weighted by Gasteiger charge is -2.28. The number of amides is 3. The van der Waals surface area contributed by atoms with E-state index in [0.29, 0.717) is 24.2 Å². The van der Waals surface area contributed by atoms with Crippen molar-refractivity contribution in [2.24, 2.45) is 0 Å². The summed E-state index contributed by atoms with van der Waals surface area (Å²) >= 11 is 1.25. The summed E-state index contributed by atoms with van der Waals surface area (Å²) in [6.07, 6.45) is 2.97. The van der Waals surface area contributed by atoms with Crippen LogP contribution in [0.2, 0.25) is 0 Å². The lowest BCUT2D eigenvalue weighted by molar-refractivity contribution is -0.128. The maximum absolute atomic E-state index is 13.9. The number of hydrogen-bond donors (Lipinski definition) is 3. The predicted molar refractivity (Wildman–Crippen MR) is 148 cm³/mol. The second-order valence-corrected chi connectivity index (χ2v) is 9.59. The van der Waals surface area contributed by atoms with Crippen LogP contribution in [0.25, 0.3) is 10.8 Å². The number of para-hydroxylation sites is 1. The van der Waals surface area contributed by atoms with E-state index in [1.807, 2.05) is 48.5 Å². The lowest BCUT2D eigenvalue weighted by Crippen LogP contribution is -2.52. The van der Waals surface area contributed by atoms with E-state index in [4.69, 9.17) is 4.74 Å². The van der Waals surface area contributed by atoms with Gasteiger partial charge in [-0.05, 0) is 67.4 Å². The number of rotatable bonds is 8. The van der Waals surface area contributed by atoms with Crippen LogP contribution in [-0.2, 0) is 22.6 Å². The van der Waals surface area contributed by atoms with Crippen molar-refractivity contribution in [3.63, 3.8) is 0 Å². The predicted octanol–water partition coefficient (Wildman–Crippen LogP) is 3.43. The fourth-order valence-electron chi connectivity index (χ4n) is 4.62. The number of carbonyl (C=O) groups excluding carboxylic acids is 3. The maximum atomic E-state index is 13.9. The molecule has 194 valence electrons. The Balaban J connectivity index is 1.76. The highest BCUT2D eigenvalue weighted by atomic mass is 32.2. The number of nitrogens with one attached hydrogen (secondary N) is 3. The van der Waals surface area contributed by atoms with Gasteiger partial charge in [0.2, 0.25) is 11.8 Å². The number of aryl methyl sites for hydroxylation is 1. The van der Waals surface area contributed by atoms with Crippen molar-refractivity contribution in [3.05, 3.63) is 71.3 Å².